The molecule has 30 heavy (non-hydrogen) atoms. The fourth-order valence-electron chi connectivity index (χ4n) is 5.82. The number of halogens is 4. The zero-order valence-corrected chi connectivity index (χ0v) is 18.3. The Labute approximate surface area is 179 Å². The first kappa shape index (κ1) is 23.8. The van der Waals surface area contributed by atoms with E-state index in [-0.39, 0.29) is 12.2 Å². The summed E-state index contributed by atoms with van der Waals surface area (Å²) in [7, 11) is 0. The molecule has 0 aromatic carbocycles. The third kappa shape index (κ3) is 7.39. The highest BCUT2D eigenvalue weighted by Crippen LogP contribution is 2.40. The summed E-state index contributed by atoms with van der Waals surface area (Å²) in [6.45, 7) is 3.14. The smallest absolute Gasteiger partial charge is 0.374 e. The summed E-state index contributed by atoms with van der Waals surface area (Å²) in [6.07, 6.45) is 12.7. The molecule has 0 radical (unpaired) electrons. The van der Waals surface area contributed by atoms with Gasteiger partial charge in [0.15, 0.2) is 0 Å². The van der Waals surface area contributed by atoms with Crippen molar-refractivity contribution in [1.82, 2.24) is 0 Å². The topological polar surface area (TPSA) is 9.23 Å². The highest BCUT2D eigenvalue weighted by molar-refractivity contribution is 5.05. The van der Waals surface area contributed by atoms with Crippen molar-refractivity contribution in [1.29, 1.82) is 0 Å². The van der Waals surface area contributed by atoms with Crippen molar-refractivity contribution in [3.05, 3.63) is 24.1 Å². The van der Waals surface area contributed by atoms with Crippen LogP contribution in [0.15, 0.2) is 24.1 Å². The molecule has 1 heterocycles. The van der Waals surface area contributed by atoms with Gasteiger partial charge in [0.25, 0.3) is 0 Å². The van der Waals surface area contributed by atoms with E-state index in [9.17, 15) is 17.6 Å². The summed E-state index contributed by atoms with van der Waals surface area (Å²) >= 11 is 0. The SMILES string of the molecule is CCCC1CCC(C2CCC(C=CC3CCC(C(F)=CC(F)(F)F)CC3)OC2)CC1. The molecular weight excluding hydrogens is 392 g/mol. The van der Waals surface area contributed by atoms with Gasteiger partial charge in [0, 0.05) is 5.92 Å². The van der Waals surface area contributed by atoms with E-state index in [2.05, 4.69) is 19.1 Å². The van der Waals surface area contributed by atoms with Gasteiger partial charge in [0.2, 0.25) is 0 Å². The molecule has 0 aromatic heterocycles. The van der Waals surface area contributed by atoms with Crippen LogP contribution in [0.2, 0.25) is 0 Å². The summed E-state index contributed by atoms with van der Waals surface area (Å²) in [6, 6.07) is 0. The van der Waals surface area contributed by atoms with E-state index in [1.165, 1.54) is 44.9 Å². The standard InChI is InChI=1S/C25H38F4O/c1-2-3-18-4-9-20(10-5-18)22-13-15-23(30-17-22)14-8-19-6-11-21(12-7-19)24(26)16-25(27,28)29/h8,14,16,18-23H,2-7,9-13,15,17H2,1H3. The first-order valence-electron chi connectivity index (χ1n) is 12.1. The van der Waals surface area contributed by atoms with Crippen molar-refractivity contribution < 1.29 is 22.3 Å². The molecule has 1 nitrogen and oxygen atoms in total. The van der Waals surface area contributed by atoms with Crippen LogP contribution in [0.3, 0.4) is 0 Å². The molecule has 0 spiro atoms. The monoisotopic (exact) mass is 430 g/mol. The minimum Gasteiger partial charge on any atom is -0.374 e. The number of rotatable bonds is 6. The van der Waals surface area contributed by atoms with E-state index < -0.39 is 17.9 Å². The van der Waals surface area contributed by atoms with Crippen molar-refractivity contribution in [3.63, 3.8) is 0 Å². The number of alkyl halides is 3. The number of ether oxygens (including phenoxy) is 1. The molecule has 0 amide bonds. The highest BCUT2D eigenvalue weighted by atomic mass is 19.4. The van der Waals surface area contributed by atoms with Crippen LogP contribution in [-0.2, 0) is 4.74 Å². The average molecular weight is 431 g/mol. The Morgan fingerprint density at radius 1 is 0.867 bits per heavy atom. The Morgan fingerprint density at radius 2 is 1.53 bits per heavy atom. The molecule has 172 valence electrons. The minimum atomic E-state index is -4.56. The summed E-state index contributed by atoms with van der Waals surface area (Å²) in [5.74, 6) is 1.23. The molecule has 0 aromatic rings. The highest BCUT2D eigenvalue weighted by Gasteiger charge is 2.32. The van der Waals surface area contributed by atoms with Crippen LogP contribution in [0.1, 0.15) is 84.0 Å². The zero-order valence-electron chi connectivity index (χ0n) is 18.3. The Hall–Kier alpha value is -0.840. The van der Waals surface area contributed by atoms with Crippen molar-refractivity contribution in [2.24, 2.45) is 29.6 Å². The molecule has 1 aliphatic heterocycles. The normalized spacial score (nSPS) is 36.9. The molecule has 0 N–H and O–H groups in total. The lowest BCUT2D eigenvalue weighted by atomic mass is 9.73. The lowest BCUT2D eigenvalue weighted by Gasteiger charge is -2.37. The van der Waals surface area contributed by atoms with E-state index in [1.54, 1.807) is 0 Å². The van der Waals surface area contributed by atoms with Gasteiger partial charge in [-0.2, -0.15) is 13.2 Å². The Kier molecular flexibility index (Phi) is 8.85. The largest absolute Gasteiger partial charge is 0.412 e. The van der Waals surface area contributed by atoms with E-state index in [0.29, 0.717) is 24.7 Å². The van der Waals surface area contributed by atoms with Crippen molar-refractivity contribution >= 4 is 0 Å². The van der Waals surface area contributed by atoms with Crippen LogP contribution in [0, 0.1) is 29.6 Å². The predicted molar refractivity (Wildman–Crippen MR) is 113 cm³/mol. The van der Waals surface area contributed by atoms with Crippen LogP contribution in [0.4, 0.5) is 17.6 Å². The lowest BCUT2D eigenvalue weighted by molar-refractivity contribution is -0.0821. The van der Waals surface area contributed by atoms with Gasteiger partial charge < -0.3 is 4.74 Å². The van der Waals surface area contributed by atoms with Crippen molar-refractivity contribution in [2.45, 2.75) is 96.3 Å². The van der Waals surface area contributed by atoms with Gasteiger partial charge in [-0.25, -0.2) is 4.39 Å². The second-order valence-electron chi connectivity index (χ2n) is 9.85. The summed E-state index contributed by atoms with van der Waals surface area (Å²) in [4.78, 5) is 0. The molecule has 2 aliphatic carbocycles. The zero-order chi connectivity index (χ0) is 21.6. The lowest BCUT2D eigenvalue weighted by Crippen LogP contribution is -2.31. The van der Waals surface area contributed by atoms with Crippen LogP contribution in [0.25, 0.3) is 0 Å². The number of hydrogen-bond donors (Lipinski definition) is 0. The van der Waals surface area contributed by atoms with Crippen LogP contribution >= 0.6 is 0 Å². The molecule has 2 atom stereocenters. The Morgan fingerprint density at radius 3 is 2.10 bits per heavy atom. The maximum absolute atomic E-state index is 13.7. The maximum Gasteiger partial charge on any atom is 0.412 e. The van der Waals surface area contributed by atoms with Gasteiger partial charge in [-0.05, 0) is 75.0 Å². The molecule has 2 unspecified atom stereocenters. The quantitative estimate of drug-likeness (QED) is 0.305. The van der Waals surface area contributed by atoms with Crippen LogP contribution in [0.5, 0.6) is 0 Å². The Balaban J connectivity index is 1.35. The second kappa shape index (κ2) is 11.2. The number of allylic oxidation sites excluding steroid dienone is 3. The van der Waals surface area contributed by atoms with Gasteiger partial charge in [-0.15, -0.1) is 0 Å². The minimum absolute atomic E-state index is 0.164. The third-order valence-corrected chi connectivity index (χ3v) is 7.66. The third-order valence-electron chi connectivity index (χ3n) is 7.66. The summed E-state index contributed by atoms with van der Waals surface area (Å²) < 4.78 is 56.8. The van der Waals surface area contributed by atoms with E-state index in [1.807, 2.05) is 0 Å². The molecule has 3 rings (SSSR count). The first-order valence-corrected chi connectivity index (χ1v) is 12.1. The summed E-state index contributed by atoms with van der Waals surface area (Å²) in [5.41, 5.74) is 0. The van der Waals surface area contributed by atoms with E-state index in [0.717, 1.165) is 37.7 Å². The molecule has 0 bridgehead atoms. The first-order chi connectivity index (χ1) is 14.3. The van der Waals surface area contributed by atoms with Crippen molar-refractivity contribution in [2.75, 3.05) is 6.61 Å². The summed E-state index contributed by atoms with van der Waals surface area (Å²) in [5, 5.41) is 0. The van der Waals surface area contributed by atoms with E-state index >= 15 is 0 Å². The number of hydrogen-bond acceptors (Lipinski definition) is 1. The van der Waals surface area contributed by atoms with Crippen LogP contribution in [-0.4, -0.2) is 18.9 Å². The van der Waals surface area contributed by atoms with Crippen LogP contribution < -0.4 is 0 Å². The van der Waals surface area contributed by atoms with Crippen molar-refractivity contribution in [3.8, 4) is 0 Å². The fraction of sp³-hybridized carbons (Fsp3) is 0.840. The predicted octanol–water partition coefficient (Wildman–Crippen LogP) is 8.17. The maximum atomic E-state index is 13.7. The van der Waals surface area contributed by atoms with Gasteiger partial charge in [0.1, 0.15) is 5.83 Å². The molecule has 2 saturated carbocycles. The second-order valence-corrected chi connectivity index (χ2v) is 9.85. The van der Waals surface area contributed by atoms with Gasteiger partial charge in [-0.1, -0.05) is 44.8 Å². The molecule has 1 saturated heterocycles. The Bertz CT molecular complexity index is 558. The van der Waals surface area contributed by atoms with Gasteiger partial charge >= 0.3 is 6.18 Å². The fourth-order valence-corrected chi connectivity index (χ4v) is 5.82. The average Bonchev–Trinajstić information content (AvgIpc) is 2.73. The van der Waals surface area contributed by atoms with E-state index in [4.69, 9.17) is 4.74 Å². The molecule has 3 aliphatic rings. The molecule has 3 fully saturated rings. The molecular formula is C25H38F4O. The van der Waals surface area contributed by atoms with Gasteiger partial charge in [-0.3, -0.25) is 0 Å². The van der Waals surface area contributed by atoms with Gasteiger partial charge in [0.05, 0.1) is 18.8 Å². The molecule has 5 heteroatoms.